The Morgan fingerprint density at radius 3 is 2.72 bits per heavy atom. The Morgan fingerprint density at radius 1 is 0.944 bits per heavy atom. The van der Waals surface area contributed by atoms with Gasteiger partial charge in [0, 0.05) is 36.1 Å². The van der Waals surface area contributed by atoms with Gasteiger partial charge < -0.3 is 4.98 Å². The Kier molecular flexibility index (Phi) is 5.11. The number of aromatic nitrogens is 6. The van der Waals surface area contributed by atoms with E-state index in [1.807, 2.05) is 24.5 Å². The van der Waals surface area contributed by atoms with E-state index in [4.69, 9.17) is 4.98 Å². The van der Waals surface area contributed by atoms with Gasteiger partial charge in [0.25, 0.3) is 0 Å². The maximum Gasteiger partial charge on any atom is 0.177 e. The number of nitrogens with zero attached hydrogens (tertiary/aromatic N) is 5. The van der Waals surface area contributed by atoms with Crippen molar-refractivity contribution in [2.75, 3.05) is 13.1 Å². The lowest BCUT2D eigenvalue weighted by atomic mass is 10.0. The number of halogens is 1. The van der Waals surface area contributed by atoms with E-state index in [-0.39, 0.29) is 5.13 Å². The van der Waals surface area contributed by atoms with Gasteiger partial charge in [0.1, 0.15) is 16.9 Å². The van der Waals surface area contributed by atoms with Crippen molar-refractivity contribution < 1.29 is 4.39 Å². The van der Waals surface area contributed by atoms with Crippen LogP contribution in [0.5, 0.6) is 0 Å². The molecule has 1 saturated heterocycles. The summed E-state index contributed by atoms with van der Waals surface area (Å²) >= 11 is 1.06. The lowest BCUT2D eigenvalue weighted by molar-refractivity contribution is 0.331. The van der Waals surface area contributed by atoms with Gasteiger partial charge in [-0.05, 0) is 73.5 Å². The molecule has 5 aromatic heterocycles. The molecule has 0 saturated carbocycles. The smallest absolute Gasteiger partial charge is 0.177 e. The number of nitrogens with one attached hydrogen (secondary N) is 2. The van der Waals surface area contributed by atoms with Gasteiger partial charge in [-0.15, -0.1) is 11.3 Å². The topological polar surface area (TPSA) is 86.4 Å². The molecule has 0 spiro atoms. The molecule has 6 heterocycles. The normalized spacial score (nSPS) is 14.4. The third-order valence-electron chi connectivity index (χ3n) is 6.73. The fraction of sp³-hybridized carbons (Fsp3) is 0.185. The van der Waals surface area contributed by atoms with Crippen LogP contribution in [0.3, 0.4) is 0 Å². The number of fused-ring (bicyclic) bond motifs is 2. The Morgan fingerprint density at radius 2 is 1.86 bits per heavy atom. The van der Waals surface area contributed by atoms with E-state index in [2.05, 4.69) is 48.2 Å². The predicted octanol–water partition coefficient (Wildman–Crippen LogP) is 6.03. The molecule has 0 atom stereocenters. The lowest BCUT2D eigenvalue weighted by Crippen LogP contribution is -2.18. The maximum absolute atomic E-state index is 13.7. The minimum atomic E-state index is -0.246. The van der Waals surface area contributed by atoms with Crippen molar-refractivity contribution in [1.29, 1.82) is 0 Å². The molecule has 2 N–H and O–H groups in total. The van der Waals surface area contributed by atoms with Gasteiger partial charge in [0.05, 0.1) is 15.9 Å². The fourth-order valence-corrected chi connectivity index (χ4v) is 5.70. The molecule has 36 heavy (non-hydrogen) atoms. The van der Waals surface area contributed by atoms with Crippen LogP contribution in [0.1, 0.15) is 18.4 Å². The zero-order valence-electron chi connectivity index (χ0n) is 19.3. The largest absolute Gasteiger partial charge is 0.336 e. The van der Waals surface area contributed by atoms with Crippen molar-refractivity contribution in [2.45, 2.75) is 19.4 Å². The number of thiophene rings is 1. The molecule has 0 aliphatic carbocycles. The molecule has 0 amide bonds. The number of likely N-dealkylation sites (tertiary alicyclic amines) is 1. The standard InChI is InChI=1S/C27H22FN7S/c28-23-6-5-22(36-23)26-25-21(7-8-30-26)31-27(32-25)24-19-12-17(3-4-20(19)33-34-24)18-11-16(13-29-14-18)15-35-9-1-2-10-35/h3-8,11-14H,1-2,9-10,15H2,(H,31,32)(H,33,34). The first-order valence-corrected chi connectivity index (χ1v) is 12.8. The quantitative estimate of drug-likeness (QED) is 0.305. The van der Waals surface area contributed by atoms with Gasteiger partial charge in [0.15, 0.2) is 11.0 Å². The zero-order valence-corrected chi connectivity index (χ0v) is 20.1. The minimum absolute atomic E-state index is 0.246. The number of imidazole rings is 1. The Bertz CT molecular complexity index is 1710. The van der Waals surface area contributed by atoms with E-state index in [0.717, 1.165) is 69.1 Å². The van der Waals surface area contributed by atoms with Gasteiger partial charge in [-0.2, -0.15) is 9.49 Å². The van der Waals surface area contributed by atoms with E-state index in [1.54, 1.807) is 12.3 Å². The highest BCUT2D eigenvalue weighted by atomic mass is 32.1. The lowest BCUT2D eigenvalue weighted by Gasteiger charge is -2.14. The Labute approximate surface area is 210 Å². The second-order valence-corrected chi connectivity index (χ2v) is 10.2. The number of hydrogen-bond donors (Lipinski definition) is 2. The van der Waals surface area contributed by atoms with E-state index in [0.29, 0.717) is 17.0 Å². The molecule has 0 bridgehead atoms. The molecule has 9 heteroatoms. The first-order chi connectivity index (χ1) is 17.7. The number of aromatic amines is 2. The Hall–Kier alpha value is -3.95. The summed E-state index contributed by atoms with van der Waals surface area (Å²) in [6.45, 7) is 3.25. The number of H-pyrrole nitrogens is 2. The molecule has 6 aromatic rings. The highest BCUT2D eigenvalue weighted by Crippen LogP contribution is 2.34. The van der Waals surface area contributed by atoms with Crippen molar-refractivity contribution in [3.8, 4) is 33.2 Å². The third kappa shape index (κ3) is 3.77. The average Bonchev–Trinajstić information content (AvgIpc) is 3.70. The summed E-state index contributed by atoms with van der Waals surface area (Å²) in [5, 5.41) is 8.41. The SMILES string of the molecule is Fc1ccc(-c2nccc3[nH]c(-c4n[nH]c5ccc(-c6cncc(CN7CCCC7)c6)cc45)nc23)s1. The van der Waals surface area contributed by atoms with E-state index >= 15 is 0 Å². The predicted molar refractivity (Wildman–Crippen MR) is 140 cm³/mol. The zero-order chi connectivity index (χ0) is 24.1. The first-order valence-electron chi connectivity index (χ1n) is 12.0. The molecule has 7 rings (SSSR count). The Balaban J connectivity index is 1.28. The van der Waals surface area contributed by atoms with Gasteiger partial charge in [-0.1, -0.05) is 6.07 Å². The van der Waals surface area contributed by atoms with Crippen LogP contribution in [-0.2, 0) is 6.54 Å². The van der Waals surface area contributed by atoms with Crippen LogP contribution in [0.15, 0.2) is 61.1 Å². The third-order valence-corrected chi connectivity index (χ3v) is 7.61. The molecule has 7 nitrogen and oxygen atoms in total. The van der Waals surface area contributed by atoms with Crippen molar-refractivity contribution in [3.63, 3.8) is 0 Å². The number of pyridine rings is 2. The summed E-state index contributed by atoms with van der Waals surface area (Å²) < 4.78 is 13.7. The van der Waals surface area contributed by atoms with Crippen LogP contribution in [0.2, 0.25) is 0 Å². The molecule has 1 fully saturated rings. The van der Waals surface area contributed by atoms with Crippen LogP contribution in [-0.4, -0.2) is 48.1 Å². The second kappa shape index (κ2) is 8.61. The molecule has 1 aliphatic heterocycles. The van der Waals surface area contributed by atoms with Crippen LogP contribution in [0.4, 0.5) is 4.39 Å². The van der Waals surface area contributed by atoms with Gasteiger partial charge in [0.2, 0.25) is 0 Å². The van der Waals surface area contributed by atoms with Gasteiger partial charge >= 0.3 is 0 Å². The van der Waals surface area contributed by atoms with Crippen LogP contribution in [0.25, 0.3) is 55.2 Å². The summed E-state index contributed by atoms with van der Waals surface area (Å²) in [5.74, 6) is 0.639. The van der Waals surface area contributed by atoms with Crippen molar-refractivity contribution in [1.82, 2.24) is 35.0 Å². The number of benzene rings is 1. The van der Waals surface area contributed by atoms with Gasteiger partial charge in [-0.25, -0.2) is 4.98 Å². The van der Waals surface area contributed by atoms with E-state index in [9.17, 15) is 4.39 Å². The van der Waals surface area contributed by atoms with Crippen LogP contribution in [0, 0.1) is 5.13 Å². The average molecular weight is 496 g/mol. The first kappa shape index (κ1) is 21.3. The van der Waals surface area contributed by atoms with Crippen molar-refractivity contribution in [3.05, 3.63) is 71.7 Å². The summed E-state index contributed by atoms with van der Waals surface area (Å²) in [5.41, 5.74) is 7.22. The molecule has 1 aromatic carbocycles. The molecule has 0 radical (unpaired) electrons. The summed E-state index contributed by atoms with van der Waals surface area (Å²) in [6.07, 6.45) is 8.13. The van der Waals surface area contributed by atoms with Crippen molar-refractivity contribution >= 4 is 33.3 Å². The minimum Gasteiger partial charge on any atom is -0.336 e. The maximum atomic E-state index is 13.7. The van der Waals surface area contributed by atoms with Crippen LogP contribution >= 0.6 is 11.3 Å². The van der Waals surface area contributed by atoms with Crippen LogP contribution < -0.4 is 0 Å². The summed E-state index contributed by atoms with van der Waals surface area (Å²) in [4.78, 5) is 20.4. The summed E-state index contributed by atoms with van der Waals surface area (Å²) in [7, 11) is 0. The monoisotopic (exact) mass is 495 g/mol. The second-order valence-electron chi connectivity index (χ2n) is 9.14. The molecule has 178 valence electrons. The van der Waals surface area contributed by atoms with Gasteiger partial charge in [-0.3, -0.25) is 20.0 Å². The van der Waals surface area contributed by atoms with E-state index in [1.165, 1.54) is 24.5 Å². The van der Waals surface area contributed by atoms with E-state index < -0.39 is 0 Å². The fourth-order valence-electron chi connectivity index (χ4n) is 4.97. The highest BCUT2D eigenvalue weighted by molar-refractivity contribution is 7.13. The summed E-state index contributed by atoms with van der Waals surface area (Å²) in [6, 6.07) is 13.5. The number of rotatable bonds is 5. The molecular weight excluding hydrogens is 473 g/mol. The molecule has 1 aliphatic rings. The van der Waals surface area contributed by atoms with Crippen molar-refractivity contribution in [2.24, 2.45) is 0 Å². The molecule has 0 unspecified atom stereocenters. The highest BCUT2D eigenvalue weighted by Gasteiger charge is 2.18. The number of hydrogen-bond acceptors (Lipinski definition) is 6. The molecular formula is C27H22FN7S.